The largest absolute Gasteiger partial charge is 0.318 e. The molecule has 0 heterocycles. The van der Waals surface area contributed by atoms with Crippen molar-refractivity contribution < 1.29 is 9.18 Å². The first-order valence-corrected chi connectivity index (χ1v) is 5.25. The summed E-state index contributed by atoms with van der Waals surface area (Å²) in [5.41, 5.74) is 0.427. The number of carbonyl (C=O) groups excluding carboxylic acids is 1. The van der Waals surface area contributed by atoms with Gasteiger partial charge < -0.3 is 5.32 Å². The molecule has 0 fully saturated rings. The summed E-state index contributed by atoms with van der Waals surface area (Å²) in [6.07, 6.45) is 0. The number of benzene rings is 1. The molecule has 0 amide bonds. The lowest BCUT2D eigenvalue weighted by Gasteiger charge is -2.15. The third kappa shape index (κ3) is 4.08. The van der Waals surface area contributed by atoms with E-state index >= 15 is 0 Å². The molecule has 0 aliphatic carbocycles. The fourth-order valence-electron chi connectivity index (χ4n) is 1.38. The second kappa shape index (κ2) is 6.35. The lowest BCUT2D eigenvalue weighted by atomic mass is 10.1. The van der Waals surface area contributed by atoms with E-state index in [0.717, 1.165) is 13.1 Å². The number of ketones is 1. The van der Waals surface area contributed by atoms with Gasteiger partial charge in [-0.25, -0.2) is 4.39 Å². The van der Waals surface area contributed by atoms with Gasteiger partial charge in [-0.1, -0.05) is 12.1 Å². The van der Waals surface area contributed by atoms with Crippen molar-refractivity contribution in [1.29, 1.82) is 0 Å². The number of halogens is 1. The third-order valence-corrected chi connectivity index (χ3v) is 2.30. The van der Waals surface area contributed by atoms with Crippen molar-refractivity contribution in [3.05, 3.63) is 35.6 Å². The fourth-order valence-corrected chi connectivity index (χ4v) is 1.38. The van der Waals surface area contributed by atoms with E-state index in [4.69, 9.17) is 0 Å². The molecule has 0 bridgehead atoms. The Hall–Kier alpha value is -1.26. The summed E-state index contributed by atoms with van der Waals surface area (Å²) in [6, 6.07) is 5.79. The molecule has 16 heavy (non-hydrogen) atoms. The van der Waals surface area contributed by atoms with E-state index < -0.39 is 0 Å². The van der Waals surface area contributed by atoms with Crippen LogP contribution in [0.4, 0.5) is 4.39 Å². The average molecular weight is 224 g/mol. The summed E-state index contributed by atoms with van der Waals surface area (Å²) in [6.45, 7) is 1.93. The number of rotatable bonds is 6. The Morgan fingerprint density at radius 3 is 2.88 bits per heavy atom. The molecule has 4 heteroatoms. The van der Waals surface area contributed by atoms with E-state index in [-0.39, 0.29) is 11.6 Å². The number of carbonyl (C=O) groups is 1. The average Bonchev–Trinajstić information content (AvgIpc) is 2.26. The quantitative estimate of drug-likeness (QED) is 0.736. The third-order valence-electron chi connectivity index (χ3n) is 2.30. The van der Waals surface area contributed by atoms with Crippen LogP contribution in [0.25, 0.3) is 0 Å². The number of hydrogen-bond donors (Lipinski definition) is 1. The second-order valence-electron chi connectivity index (χ2n) is 3.77. The van der Waals surface area contributed by atoms with Gasteiger partial charge in [0.25, 0.3) is 0 Å². The molecule has 0 aromatic heterocycles. The molecule has 1 aromatic carbocycles. The number of nitrogens with zero attached hydrogens (tertiary/aromatic N) is 1. The van der Waals surface area contributed by atoms with Crippen LogP contribution in [0, 0.1) is 5.82 Å². The van der Waals surface area contributed by atoms with Crippen molar-refractivity contribution in [3.8, 4) is 0 Å². The van der Waals surface area contributed by atoms with E-state index in [1.165, 1.54) is 12.1 Å². The molecule has 1 rings (SSSR count). The summed E-state index contributed by atoms with van der Waals surface area (Å²) < 4.78 is 12.9. The van der Waals surface area contributed by atoms with Gasteiger partial charge in [0, 0.05) is 18.7 Å². The van der Waals surface area contributed by atoms with Gasteiger partial charge in [-0.2, -0.15) is 0 Å². The summed E-state index contributed by atoms with van der Waals surface area (Å²) in [4.78, 5) is 13.6. The Balaban J connectivity index is 2.52. The molecule has 3 nitrogen and oxygen atoms in total. The van der Waals surface area contributed by atoms with Crippen molar-refractivity contribution in [2.45, 2.75) is 0 Å². The fraction of sp³-hybridized carbons (Fsp3) is 0.417. The smallest absolute Gasteiger partial charge is 0.176 e. The minimum absolute atomic E-state index is 0.0573. The minimum atomic E-state index is -0.372. The van der Waals surface area contributed by atoms with Gasteiger partial charge in [-0.3, -0.25) is 9.69 Å². The van der Waals surface area contributed by atoms with Crippen LogP contribution in [0.15, 0.2) is 24.3 Å². The molecule has 0 unspecified atom stereocenters. The zero-order valence-electron chi connectivity index (χ0n) is 9.66. The highest BCUT2D eigenvalue weighted by atomic mass is 19.1. The minimum Gasteiger partial charge on any atom is -0.318 e. The summed E-state index contributed by atoms with van der Waals surface area (Å²) >= 11 is 0. The molecule has 0 aliphatic rings. The van der Waals surface area contributed by atoms with Crippen molar-refractivity contribution in [2.75, 3.05) is 33.7 Å². The number of nitrogens with one attached hydrogen (secondary N) is 1. The monoisotopic (exact) mass is 224 g/mol. The van der Waals surface area contributed by atoms with Crippen LogP contribution in [-0.4, -0.2) is 44.4 Å². The van der Waals surface area contributed by atoms with E-state index in [2.05, 4.69) is 5.32 Å². The first-order chi connectivity index (χ1) is 7.63. The van der Waals surface area contributed by atoms with Crippen LogP contribution >= 0.6 is 0 Å². The number of hydrogen-bond acceptors (Lipinski definition) is 3. The zero-order chi connectivity index (χ0) is 12.0. The first kappa shape index (κ1) is 12.8. The van der Waals surface area contributed by atoms with Gasteiger partial charge >= 0.3 is 0 Å². The number of Topliss-reactive ketones (excluding diaryl/α,β-unsaturated/α-hetero) is 1. The van der Waals surface area contributed by atoms with E-state index in [1.807, 2.05) is 19.0 Å². The lowest BCUT2D eigenvalue weighted by Crippen LogP contribution is -2.31. The molecule has 0 radical (unpaired) electrons. The molecular formula is C12H17FN2O. The predicted octanol–water partition coefficient (Wildman–Crippen LogP) is 1.16. The Bertz CT molecular complexity index is 355. The van der Waals surface area contributed by atoms with Crippen LogP contribution in [0.1, 0.15) is 10.4 Å². The van der Waals surface area contributed by atoms with Crippen molar-refractivity contribution in [2.24, 2.45) is 0 Å². The highest BCUT2D eigenvalue weighted by molar-refractivity contribution is 5.97. The second-order valence-corrected chi connectivity index (χ2v) is 3.77. The normalized spacial score (nSPS) is 10.8. The van der Waals surface area contributed by atoms with Crippen LogP contribution in [0.5, 0.6) is 0 Å². The van der Waals surface area contributed by atoms with Gasteiger partial charge in [-0.05, 0) is 26.2 Å². The molecule has 0 atom stereocenters. The molecule has 1 aromatic rings. The van der Waals surface area contributed by atoms with Gasteiger partial charge in [0.2, 0.25) is 0 Å². The molecule has 0 spiro atoms. The summed E-state index contributed by atoms with van der Waals surface area (Å²) in [5, 5.41) is 3.01. The van der Waals surface area contributed by atoms with Crippen LogP contribution in [0.2, 0.25) is 0 Å². The van der Waals surface area contributed by atoms with Gasteiger partial charge in [-0.15, -0.1) is 0 Å². The maximum Gasteiger partial charge on any atom is 0.176 e. The Morgan fingerprint density at radius 2 is 2.25 bits per heavy atom. The molecule has 0 saturated heterocycles. The molecule has 0 saturated carbocycles. The van der Waals surface area contributed by atoms with Gasteiger partial charge in [0.15, 0.2) is 5.78 Å². The molecular weight excluding hydrogens is 207 g/mol. The van der Waals surface area contributed by atoms with Crippen LogP contribution < -0.4 is 5.32 Å². The Morgan fingerprint density at radius 1 is 1.50 bits per heavy atom. The molecule has 1 N–H and O–H groups in total. The zero-order valence-corrected chi connectivity index (χ0v) is 9.66. The highest BCUT2D eigenvalue weighted by Crippen LogP contribution is 2.04. The predicted molar refractivity (Wildman–Crippen MR) is 62.2 cm³/mol. The van der Waals surface area contributed by atoms with Crippen LogP contribution in [-0.2, 0) is 0 Å². The summed E-state index contributed by atoms with van der Waals surface area (Å²) in [7, 11) is 3.73. The first-order valence-electron chi connectivity index (χ1n) is 5.25. The number of likely N-dealkylation sites (N-methyl/N-ethyl adjacent to an activating group) is 2. The van der Waals surface area contributed by atoms with Gasteiger partial charge in [0.05, 0.1) is 6.54 Å². The molecule has 88 valence electrons. The maximum atomic E-state index is 12.9. The van der Waals surface area contributed by atoms with E-state index in [0.29, 0.717) is 12.1 Å². The summed E-state index contributed by atoms with van der Waals surface area (Å²) in [5.74, 6) is -0.429. The van der Waals surface area contributed by atoms with Crippen LogP contribution in [0.3, 0.4) is 0 Å². The van der Waals surface area contributed by atoms with Crippen molar-refractivity contribution in [3.63, 3.8) is 0 Å². The Labute approximate surface area is 95.3 Å². The standard InChI is InChI=1S/C12H17FN2O/c1-14-6-7-15(2)9-12(16)10-4-3-5-11(13)8-10/h3-5,8,14H,6-7,9H2,1-2H3. The van der Waals surface area contributed by atoms with Crippen molar-refractivity contribution >= 4 is 5.78 Å². The van der Waals surface area contributed by atoms with Gasteiger partial charge in [0.1, 0.15) is 5.82 Å². The maximum absolute atomic E-state index is 12.9. The lowest BCUT2D eigenvalue weighted by molar-refractivity contribution is 0.0946. The molecule has 0 aliphatic heterocycles. The van der Waals surface area contributed by atoms with E-state index in [9.17, 15) is 9.18 Å². The van der Waals surface area contributed by atoms with Crippen molar-refractivity contribution in [1.82, 2.24) is 10.2 Å². The highest BCUT2D eigenvalue weighted by Gasteiger charge is 2.09. The topological polar surface area (TPSA) is 32.3 Å². The Kier molecular flexibility index (Phi) is 5.08. The SMILES string of the molecule is CNCCN(C)CC(=O)c1cccc(F)c1. The van der Waals surface area contributed by atoms with E-state index in [1.54, 1.807) is 12.1 Å².